The van der Waals surface area contributed by atoms with Crippen LogP contribution in [0.15, 0.2) is 18.2 Å². The monoisotopic (exact) mass is 378 g/mol. The van der Waals surface area contributed by atoms with Gasteiger partial charge in [0.2, 0.25) is 5.91 Å². The number of ether oxygens (including phenoxy) is 3. The molecular formula is C18H22N2O7. The first-order valence-electron chi connectivity index (χ1n) is 8.41. The van der Waals surface area contributed by atoms with Crippen LogP contribution in [0.25, 0.3) is 0 Å². The molecule has 9 nitrogen and oxygen atoms in total. The lowest BCUT2D eigenvalue weighted by atomic mass is 10.1. The quantitative estimate of drug-likeness (QED) is 0.572. The zero-order valence-corrected chi connectivity index (χ0v) is 15.4. The van der Waals surface area contributed by atoms with Crippen molar-refractivity contribution in [2.24, 2.45) is 0 Å². The molecule has 0 saturated carbocycles. The van der Waals surface area contributed by atoms with Gasteiger partial charge in [0.1, 0.15) is 12.6 Å². The van der Waals surface area contributed by atoms with E-state index in [-0.39, 0.29) is 23.2 Å². The lowest BCUT2D eigenvalue weighted by Crippen LogP contribution is -2.50. The van der Waals surface area contributed by atoms with Crippen LogP contribution in [0, 0.1) is 0 Å². The molecule has 9 heteroatoms. The Morgan fingerprint density at radius 3 is 2.26 bits per heavy atom. The summed E-state index contributed by atoms with van der Waals surface area (Å²) >= 11 is 0. The minimum atomic E-state index is -0.674. The van der Waals surface area contributed by atoms with E-state index in [4.69, 9.17) is 4.74 Å². The summed E-state index contributed by atoms with van der Waals surface area (Å²) in [7, 11) is 2.42. The van der Waals surface area contributed by atoms with Crippen molar-refractivity contribution in [3.63, 3.8) is 0 Å². The molecule has 1 amide bonds. The largest absolute Gasteiger partial charge is 0.465 e. The number of hydrogen-bond acceptors (Lipinski definition) is 8. The van der Waals surface area contributed by atoms with Crippen molar-refractivity contribution in [3.8, 4) is 0 Å². The number of carbonyl (C=O) groups excluding carboxylic acids is 4. The van der Waals surface area contributed by atoms with E-state index >= 15 is 0 Å². The van der Waals surface area contributed by atoms with Gasteiger partial charge in [-0.25, -0.2) is 9.59 Å². The van der Waals surface area contributed by atoms with Gasteiger partial charge in [0, 0.05) is 12.2 Å². The minimum Gasteiger partial charge on any atom is -0.465 e. The number of rotatable bonds is 6. The van der Waals surface area contributed by atoms with E-state index in [1.165, 1.54) is 32.4 Å². The molecule has 146 valence electrons. The molecule has 0 spiro atoms. The molecule has 1 aromatic rings. The summed E-state index contributed by atoms with van der Waals surface area (Å²) in [5.41, 5.74) is 0.390. The van der Waals surface area contributed by atoms with E-state index in [1.54, 1.807) is 0 Å². The number of likely N-dealkylation sites (N-methyl/N-ethyl adjacent to an activating group) is 1. The first-order valence-corrected chi connectivity index (χ1v) is 8.41. The van der Waals surface area contributed by atoms with Gasteiger partial charge < -0.3 is 19.5 Å². The first-order chi connectivity index (χ1) is 12.9. The summed E-state index contributed by atoms with van der Waals surface area (Å²) in [6.45, 7) is 3.36. The van der Waals surface area contributed by atoms with Crippen molar-refractivity contribution in [1.82, 2.24) is 4.90 Å². The Bertz CT molecular complexity index is 713. The van der Waals surface area contributed by atoms with Gasteiger partial charge >= 0.3 is 17.9 Å². The lowest BCUT2D eigenvalue weighted by Gasteiger charge is -2.32. The Hall–Kier alpha value is -2.94. The third-order valence-electron chi connectivity index (χ3n) is 4.18. The van der Waals surface area contributed by atoms with Crippen molar-refractivity contribution in [1.29, 1.82) is 0 Å². The normalized spacial score (nSPS) is 17.0. The maximum Gasteiger partial charge on any atom is 0.337 e. The van der Waals surface area contributed by atoms with Gasteiger partial charge in [0.15, 0.2) is 0 Å². The maximum absolute atomic E-state index is 12.4. The summed E-state index contributed by atoms with van der Waals surface area (Å²) in [5, 5.41) is 2.60. The summed E-state index contributed by atoms with van der Waals surface area (Å²) in [6, 6.07) is 3.40. The zero-order valence-electron chi connectivity index (χ0n) is 15.4. The van der Waals surface area contributed by atoms with Gasteiger partial charge in [-0.15, -0.1) is 0 Å². The Labute approximate surface area is 156 Å². The molecule has 2 rings (SSSR count). The van der Waals surface area contributed by atoms with Crippen LogP contribution < -0.4 is 5.32 Å². The van der Waals surface area contributed by atoms with Gasteiger partial charge in [0.25, 0.3) is 0 Å². The molecular weight excluding hydrogens is 356 g/mol. The number of anilines is 1. The van der Waals surface area contributed by atoms with Crippen LogP contribution in [0.4, 0.5) is 5.69 Å². The minimum absolute atomic E-state index is 0.0861. The van der Waals surface area contributed by atoms with Gasteiger partial charge in [0.05, 0.1) is 31.8 Å². The Balaban J connectivity index is 2.19. The van der Waals surface area contributed by atoms with E-state index in [0.29, 0.717) is 19.7 Å². The van der Waals surface area contributed by atoms with Crippen LogP contribution in [0.5, 0.6) is 0 Å². The highest BCUT2D eigenvalue weighted by molar-refractivity contribution is 6.00. The molecule has 0 radical (unpaired) electrons. The Kier molecular flexibility index (Phi) is 6.89. The molecule has 0 aliphatic carbocycles. The number of nitrogens with zero attached hydrogens (tertiary/aromatic N) is 1. The van der Waals surface area contributed by atoms with Gasteiger partial charge in [-0.3, -0.25) is 14.5 Å². The molecule has 0 unspecified atom stereocenters. The van der Waals surface area contributed by atoms with Gasteiger partial charge in [-0.1, -0.05) is 6.92 Å². The van der Waals surface area contributed by atoms with Crippen molar-refractivity contribution in [2.75, 3.05) is 39.2 Å². The third kappa shape index (κ3) is 5.04. The number of amides is 1. The van der Waals surface area contributed by atoms with E-state index in [9.17, 15) is 19.2 Å². The molecule has 27 heavy (non-hydrogen) atoms. The standard InChI is InChI=1S/C18H22N2O7/c1-4-20-5-6-27-18(24)14(20)10-15(21)19-13-8-11(16(22)25-2)7-12(9-13)17(23)26-3/h7-9,14H,4-6,10H2,1-3H3,(H,19,21)/t14-/m0/s1. The molecule has 0 bridgehead atoms. The summed E-state index contributed by atoms with van der Waals surface area (Å²) < 4.78 is 14.3. The van der Waals surface area contributed by atoms with E-state index in [0.717, 1.165) is 0 Å². The molecule has 0 aromatic heterocycles. The van der Waals surface area contributed by atoms with E-state index < -0.39 is 29.9 Å². The van der Waals surface area contributed by atoms with E-state index in [2.05, 4.69) is 14.8 Å². The second-order valence-electron chi connectivity index (χ2n) is 5.85. The van der Waals surface area contributed by atoms with Crippen molar-refractivity contribution in [2.45, 2.75) is 19.4 Å². The predicted octanol–water partition coefficient (Wildman–Crippen LogP) is 0.836. The van der Waals surface area contributed by atoms with Crippen molar-refractivity contribution < 1.29 is 33.4 Å². The molecule has 1 heterocycles. The Morgan fingerprint density at radius 1 is 1.15 bits per heavy atom. The number of hydrogen-bond donors (Lipinski definition) is 1. The first kappa shape index (κ1) is 20.4. The van der Waals surface area contributed by atoms with Crippen LogP contribution in [0.2, 0.25) is 0 Å². The molecule has 1 fully saturated rings. The number of morpholine rings is 1. The summed E-state index contributed by atoms with van der Waals surface area (Å²) in [4.78, 5) is 49.8. The number of esters is 3. The molecule has 1 atom stereocenters. The topological polar surface area (TPSA) is 111 Å². The summed E-state index contributed by atoms with van der Waals surface area (Å²) in [5.74, 6) is -2.22. The van der Waals surface area contributed by atoms with Crippen LogP contribution >= 0.6 is 0 Å². The summed E-state index contributed by atoms with van der Waals surface area (Å²) in [6.07, 6.45) is -0.108. The number of cyclic esters (lactones) is 1. The second kappa shape index (κ2) is 9.13. The van der Waals surface area contributed by atoms with Crippen molar-refractivity contribution in [3.05, 3.63) is 29.3 Å². The molecule has 1 aliphatic heterocycles. The van der Waals surface area contributed by atoms with Crippen molar-refractivity contribution >= 4 is 29.5 Å². The van der Waals surface area contributed by atoms with Gasteiger partial charge in [-0.05, 0) is 24.7 Å². The smallest absolute Gasteiger partial charge is 0.337 e. The second-order valence-corrected chi connectivity index (χ2v) is 5.85. The Morgan fingerprint density at radius 2 is 1.74 bits per heavy atom. The highest BCUT2D eigenvalue weighted by Crippen LogP contribution is 2.19. The van der Waals surface area contributed by atoms with Crippen LogP contribution in [0.3, 0.4) is 0 Å². The van der Waals surface area contributed by atoms with Gasteiger partial charge in [-0.2, -0.15) is 0 Å². The zero-order chi connectivity index (χ0) is 20.0. The van der Waals surface area contributed by atoms with Crippen LogP contribution in [-0.2, 0) is 23.8 Å². The fourth-order valence-corrected chi connectivity index (χ4v) is 2.81. The molecule has 1 aromatic carbocycles. The number of methoxy groups -OCH3 is 2. The molecule has 1 aliphatic rings. The molecule has 1 saturated heterocycles. The number of nitrogens with one attached hydrogen (secondary N) is 1. The van der Waals surface area contributed by atoms with Crippen LogP contribution in [0.1, 0.15) is 34.1 Å². The third-order valence-corrected chi connectivity index (χ3v) is 4.18. The highest BCUT2D eigenvalue weighted by atomic mass is 16.5. The highest BCUT2D eigenvalue weighted by Gasteiger charge is 2.32. The fraction of sp³-hybridized carbons (Fsp3) is 0.444. The SMILES string of the molecule is CCN1CCOC(=O)[C@@H]1CC(=O)Nc1cc(C(=O)OC)cc(C(=O)OC)c1. The average molecular weight is 378 g/mol. The predicted molar refractivity (Wildman–Crippen MR) is 94.4 cm³/mol. The molecule has 1 N–H and O–H groups in total. The number of carbonyl (C=O) groups is 4. The lowest BCUT2D eigenvalue weighted by molar-refractivity contribution is -0.158. The fourth-order valence-electron chi connectivity index (χ4n) is 2.81. The number of benzene rings is 1. The van der Waals surface area contributed by atoms with E-state index in [1.807, 2.05) is 11.8 Å². The van der Waals surface area contributed by atoms with Crippen LogP contribution in [-0.4, -0.2) is 68.7 Å². The average Bonchev–Trinajstić information content (AvgIpc) is 2.67. The maximum atomic E-state index is 12.4.